The molecule has 0 aliphatic heterocycles. The van der Waals surface area contributed by atoms with Crippen LogP contribution in [0.1, 0.15) is 26.2 Å². The van der Waals surface area contributed by atoms with Crippen LogP contribution in [0.25, 0.3) is 0 Å². The molecule has 1 amide bonds. The number of nitrogens with one attached hydrogen (secondary N) is 1. The SMILES string of the molecule is CCC1(C(=O)NC)CC(F)(F)C1. The maximum Gasteiger partial charge on any atom is 0.250 e. The summed E-state index contributed by atoms with van der Waals surface area (Å²) in [5.41, 5.74) is -0.793. The van der Waals surface area contributed by atoms with Gasteiger partial charge in [-0.1, -0.05) is 6.92 Å². The molecule has 0 atom stereocenters. The predicted octanol–water partition coefficient (Wildman–Crippen LogP) is 1.56. The summed E-state index contributed by atoms with van der Waals surface area (Å²) >= 11 is 0. The second kappa shape index (κ2) is 2.68. The molecule has 1 aliphatic rings. The number of carbonyl (C=O) groups is 1. The summed E-state index contributed by atoms with van der Waals surface area (Å²) in [6.07, 6.45) is -0.103. The summed E-state index contributed by atoms with van der Waals surface area (Å²) in [5, 5.41) is 2.42. The molecule has 0 bridgehead atoms. The van der Waals surface area contributed by atoms with Crippen LogP contribution in [0.5, 0.6) is 0 Å². The zero-order valence-corrected chi connectivity index (χ0v) is 7.29. The highest BCUT2D eigenvalue weighted by Crippen LogP contribution is 2.53. The van der Waals surface area contributed by atoms with Crippen molar-refractivity contribution in [1.29, 1.82) is 0 Å². The minimum absolute atomic E-state index is 0.254. The fraction of sp³-hybridized carbons (Fsp3) is 0.875. The van der Waals surface area contributed by atoms with Crippen LogP contribution in [0, 0.1) is 5.41 Å². The lowest BCUT2D eigenvalue weighted by molar-refractivity contribution is -0.179. The summed E-state index contributed by atoms with van der Waals surface area (Å²) in [6, 6.07) is 0. The Balaban J connectivity index is 2.65. The Morgan fingerprint density at radius 2 is 2.00 bits per heavy atom. The highest BCUT2D eigenvalue weighted by atomic mass is 19.3. The maximum absolute atomic E-state index is 12.5. The van der Waals surface area contributed by atoms with Crippen molar-refractivity contribution < 1.29 is 13.6 Å². The summed E-state index contributed by atoms with van der Waals surface area (Å²) in [5.74, 6) is -2.88. The predicted molar refractivity (Wildman–Crippen MR) is 41.0 cm³/mol. The normalized spacial score (nSPS) is 24.3. The van der Waals surface area contributed by atoms with Gasteiger partial charge >= 0.3 is 0 Å². The van der Waals surface area contributed by atoms with Gasteiger partial charge in [0.1, 0.15) is 0 Å². The zero-order valence-electron chi connectivity index (χ0n) is 7.29. The van der Waals surface area contributed by atoms with Crippen molar-refractivity contribution in [2.75, 3.05) is 7.05 Å². The Kier molecular flexibility index (Phi) is 2.10. The largest absolute Gasteiger partial charge is 0.359 e. The van der Waals surface area contributed by atoms with Gasteiger partial charge in [0, 0.05) is 19.9 Å². The van der Waals surface area contributed by atoms with Crippen molar-refractivity contribution in [3.63, 3.8) is 0 Å². The molecule has 0 unspecified atom stereocenters. The third kappa shape index (κ3) is 1.30. The zero-order chi connectivity index (χ0) is 9.41. The van der Waals surface area contributed by atoms with Crippen molar-refractivity contribution >= 4 is 5.91 Å². The van der Waals surface area contributed by atoms with E-state index in [1.807, 2.05) is 0 Å². The molecule has 0 aromatic heterocycles. The molecule has 1 aliphatic carbocycles. The molecule has 1 N–H and O–H groups in total. The van der Waals surface area contributed by atoms with Crippen LogP contribution >= 0.6 is 0 Å². The second-order valence-electron chi connectivity index (χ2n) is 3.42. The van der Waals surface area contributed by atoms with E-state index in [0.29, 0.717) is 6.42 Å². The van der Waals surface area contributed by atoms with Gasteiger partial charge < -0.3 is 5.32 Å². The molecule has 70 valence electrons. The van der Waals surface area contributed by atoms with E-state index in [2.05, 4.69) is 5.32 Å². The standard InChI is InChI=1S/C8H13F2NO/c1-3-7(6(12)11-2)4-8(9,10)5-7/h3-5H2,1-2H3,(H,11,12). The fourth-order valence-corrected chi connectivity index (χ4v) is 1.77. The fourth-order valence-electron chi connectivity index (χ4n) is 1.77. The van der Waals surface area contributed by atoms with E-state index in [0.717, 1.165) is 0 Å². The number of alkyl halides is 2. The molecular formula is C8H13F2NO. The van der Waals surface area contributed by atoms with Crippen LogP contribution < -0.4 is 5.32 Å². The van der Waals surface area contributed by atoms with E-state index in [-0.39, 0.29) is 18.7 Å². The van der Waals surface area contributed by atoms with Crippen LogP contribution in [0.15, 0.2) is 0 Å². The van der Waals surface area contributed by atoms with Gasteiger partial charge in [0.25, 0.3) is 0 Å². The highest BCUT2D eigenvalue weighted by molar-refractivity contribution is 5.83. The minimum Gasteiger partial charge on any atom is -0.359 e. The molecule has 1 rings (SSSR count). The Morgan fingerprint density at radius 1 is 1.50 bits per heavy atom. The van der Waals surface area contributed by atoms with Gasteiger partial charge in [-0.2, -0.15) is 0 Å². The first-order valence-electron chi connectivity index (χ1n) is 4.06. The van der Waals surface area contributed by atoms with E-state index >= 15 is 0 Å². The smallest absolute Gasteiger partial charge is 0.250 e. The Morgan fingerprint density at radius 3 is 2.25 bits per heavy atom. The lowest BCUT2D eigenvalue weighted by Crippen LogP contribution is -2.54. The molecule has 1 saturated carbocycles. The molecule has 0 heterocycles. The number of halogens is 2. The van der Waals surface area contributed by atoms with E-state index in [1.165, 1.54) is 7.05 Å². The Labute approximate surface area is 70.3 Å². The summed E-state index contributed by atoms with van der Waals surface area (Å²) in [6.45, 7) is 1.77. The third-order valence-electron chi connectivity index (χ3n) is 2.58. The summed E-state index contributed by atoms with van der Waals surface area (Å²) in [7, 11) is 1.48. The van der Waals surface area contributed by atoms with Crippen LogP contribution in [0.4, 0.5) is 8.78 Å². The molecule has 2 nitrogen and oxygen atoms in total. The van der Waals surface area contributed by atoms with E-state index in [1.54, 1.807) is 6.92 Å². The first kappa shape index (κ1) is 9.42. The number of hydrogen-bond acceptors (Lipinski definition) is 1. The summed E-state index contributed by atoms with van der Waals surface area (Å²) < 4.78 is 25.1. The molecule has 12 heavy (non-hydrogen) atoms. The van der Waals surface area contributed by atoms with Gasteiger partial charge in [0.2, 0.25) is 11.8 Å². The average Bonchev–Trinajstić information content (AvgIpc) is 1.97. The number of hydrogen-bond donors (Lipinski definition) is 1. The first-order chi connectivity index (χ1) is 5.46. The number of rotatable bonds is 2. The Bertz CT molecular complexity index is 195. The molecule has 4 heteroatoms. The molecule has 1 fully saturated rings. The first-order valence-corrected chi connectivity index (χ1v) is 4.06. The van der Waals surface area contributed by atoms with Crippen molar-refractivity contribution in [3.8, 4) is 0 Å². The van der Waals surface area contributed by atoms with Gasteiger partial charge in [0.05, 0.1) is 5.41 Å². The van der Waals surface area contributed by atoms with Crippen LogP contribution in [0.2, 0.25) is 0 Å². The van der Waals surface area contributed by atoms with Gasteiger partial charge in [-0.15, -0.1) is 0 Å². The van der Waals surface area contributed by atoms with Crippen molar-refractivity contribution in [1.82, 2.24) is 5.32 Å². The van der Waals surface area contributed by atoms with Gasteiger partial charge in [-0.3, -0.25) is 4.79 Å². The van der Waals surface area contributed by atoms with E-state index < -0.39 is 11.3 Å². The minimum atomic E-state index is -2.62. The van der Waals surface area contributed by atoms with Gasteiger partial charge in [-0.05, 0) is 6.42 Å². The number of carbonyl (C=O) groups excluding carboxylic acids is 1. The van der Waals surface area contributed by atoms with Crippen molar-refractivity contribution in [3.05, 3.63) is 0 Å². The molecule has 0 aromatic rings. The third-order valence-corrected chi connectivity index (χ3v) is 2.58. The highest BCUT2D eigenvalue weighted by Gasteiger charge is 2.59. The monoisotopic (exact) mass is 177 g/mol. The average molecular weight is 177 g/mol. The topological polar surface area (TPSA) is 29.1 Å². The Hall–Kier alpha value is -0.670. The quantitative estimate of drug-likeness (QED) is 0.681. The van der Waals surface area contributed by atoms with Crippen LogP contribution in [-0.4, -0.2) is 18.9 Å². The molecule has 0 aromatic carbocycles. The van der Waals surface area contributed by atoms with Crippen LogP contribution in [-0.2, 0) is 4.79 Å². The van der Waals surface area contributed by atoms with E-state index in [9.17, 15) is 13.6 Å². The van der Waals surface area contributed by atoms with Gasteiger partial charge in [0.15, 0.2) is 0 Å². The second-order valence-corrected chi connectivity index (χ2v) is 3.42. The molecule has 0 spiro atoms. The van der Waals surface area contributed by atoms with Crippen LogP contribution in [0.3, 0.4) is 0 Å². The van der Waals surface area contributed by atoms with Gasteiger partial charge in [-0.25, -0.2) is 8.78 Å². The molecular weight excluding hydrogens is 164 g/mol. The van der Waals surface area contributed by atoms with Crippen molar-refractivity contribution in [2.24, 2.45) is 5.41 Å². The molecule has 0 saturated heterocycles. The number of amides is 1. The van der Waals surface area contributed by atoms with Crippen molar-refractivity contribution in [2.45, 2.75) is 32.1 Å². The van der Waals surface area contributed by atoms with E-state index in [4.69, 9.17) is 0 Å². The maximum atomic E-state index is 12.5. The summed E-state index contributed by atoms with van der Waals surface area (Å²) in [4.78, 5) is 11.2. The lowest BCUT2D eigenvalue weighted by Gasteiger charge is -2.45. The lowest BCUT2D eigenvalue weighted by atomic mass is 9.64. The molecule has 0 radical (unpaired) electrons.